The van der Waals surface area contributed by atoms with Crippen molar-refractivity contribution in [1.29, 1.82) is 0 Å². The van der Waals surface area contributed by atoms with Crippen LogP contribution >= 0.6 is 23.2 Å². The Bertz CT molecular complexity index is 384. The van der Waals surface area contributed by atoms with Crippen LogP contribution in [0.3, 0.4) is 0 Å². The van der Waals surface area contributed by atoms with Gasteiger partial charge in [-0.1, -0.05) is 50.1 Å². The summed E-state index contributed by atoms with van der Waals surface area (Å²) >= 11 is 12.8. The summed E-state index contributed by atoms with van der Waals surface area (Å²) in [7, 11) is 0. The van der Waals surface area contributed by atoms with E-state index >= 15 is 0 Å². The summed E-state index contributed by atoms with van der Waals surface area (Å²) in [4.78, 5) is 0. The summed E-state index contributed by atoms with van der Waals surface area (Å²) in [5.74, 6) is 0.612. The van der Waals surface area contributed by atoms with Crippen LogP contribution in [0.15, 0.2) is 24.3 Å². The Hall–Kier alpha value is -0.200. The molecule has 0 radical (unpaired) electrons. The monoisotopic (exact) mass is 270 g/mol. The summed E-state index contributed by atoms with van der Waals surface area (Å²) in [6.07, 6.45) is 4.74. The fraction of sp³-hybridized carbons (Fsp3) is 0.600. The Morgan fingerprint density at radius 3 is 2.65 bits per heavy atom. The zero-order chi connectivity index (χ0) is 12.5. The van der Waals surface area contributed by atoms with Gasteiger partial charge in [0, 0.05) is 10.4 Å². The lowest BCUT2D eigenvalue weighted by molar-refractivity contribution is 0.250. The van der Waals surface area contributed by atoms with Gasteiger partial charge in [-0.15, -0.1) is 11.6 Å². The van der Waals surface area contributed by atoms with Crippen molar-refractivity contribution in [2.24, 2.45) is 11.3 Å². The van der Waals surface area contributed by atoms with Crippen LogP contribution in [0.2, 0.25) is 5.02 Å². The number of benzene rings is 1. The maximum atomic E-state index is 6.62. The first-order chi connectivity index (χ1) is 8.00. The normalized spacial score (nSPS) is 24.8. The van der Waals surface area contributed by atoms with Gasteiger partial charge in [-0.2, -0.15) is 0 Å². The second-order valence-corrected chi connectivity index (χ2v) is 6.77. The molecule has 2 rings (SSSR count). The van der Waals surface area contributed by atoms with E-state index in [9.17, 15) is 0 Å². The molecular formula is C15H20Cl2. The number of halogens is 2. The van der Waals surface area contributed by atoms with Crippen LogP contribution in [0.1, 0.15) is 38.7 Å². The second kappa shape index (κ2) is 5.20. The number of alkyl halides is 1. The van der Waals surface area contributed by atoms with Crippen LogP contribution in [0.5, 0.6) is 0 Å². The maximum Gasteiger partial charge on any atom is 0.0438 e. The lowest BCUT2D eigenvalue weighted by Crippen LogP contribution is -2.27. The quantitative estimate of drug-likeness (QED) is 0.653. The third kappa shape index (κ3) is 2.98. The van der Waals surface area contributed by atoms with Gasteiger partial charge in [-0.3, -0.25) is 0 Å². The molecule has 0 saturated heterocycles. The minimum Gasteiger partial charge on any atom is -0.122 e. The molecule has 0 spiro atoms. The first-order valence-corrected chi connectivity index (χ1v) is 7.19. The minimum atomic E-state index is 0.201. The topological polar surface area (TPSA) is 0 Å². The molecular weight excluding hydrogens is 251 g/mol. The molecule has 1 aliphatic carbocycles. The van der Waals surface area contributed by atoms with Crippen molar-refractivity contribution in [3.8, 4) is 0 Å². The molecule has 1 aliphatic rings. The molecule has 2 unspecified atom stereocenters. The Balaban J connectivity index is 2.07. The van der Waals surface area contributed by atoms with Gasteiger partial charge >= 0.3 is 0 Å². The molecule has 0 nitrogen and oxygen atoms in total. The van der Waals surface area contributed by atoms with Gasteiger partial charge in [0.05, 0.1) is 0 Å². The van der Waals surface area contributed by atoms with E-state index in [-0.39, 0.29) is 5.38 Å². The van der Waals surface area contributed by atoms with E-state index in [1.54, 1.807) is 0 Å². The van der Waals surface area contributed by atoms with Crippen LogP contribution in [0.25, 0.3) is 0 Å². The predicted octanol–water partition coefficient (Wildman–Crippen LogP) is 5.32. The van der Waals surface area contributed by atoms with Gasteiger partial charge in [0.15, 0.2) is 0 Å². The van der Waals surface area contributed by atoms with Crippen LogP contribution in [0.4, 0.5) is 0 Å². The molecule has 1 aromatic rings. The molecule has 2 atom stereocenters. The predicted molar refractivity (Wildman–Crippen MR) is 75.9 cm³/mol. The third-order valence-corrected chi connectivity index (χ3v) is 4.98. The van der Waals surface area contributed by atoms with E-state index in [2.05, 4.69) is 19.9 Å². The van der Waals surface area contributed by atoms with Crippen LogP contribution < -0.4 is 0 Å². The number of hydrogen-bond acceptors (Lipinski definition) is 0. The van der Waals surface area contributed by atoms with Crippen molar-refractivity contribution in [3.63, 3.8) is 0 Å². The largest absolute Gasteiger partial charge is 0.122 e. The summed E-state index contributed by atoms with van der Waals surface area (Å²) in [5.41, 5.74) is 1.56. The molecule has 0 aromatic heterocycles. The highest BCUT2D eigenvalue weighted by atomic mass is 35.5. The van der Waals surface area contributed by atoms with E-state index in [0.717, 1.165) is 11.4 Å². The van der Waals surface area contributed by atoms with Crippen molar-refractivity contribution >= 4 is 23.2 Å². The standard InChI is InChI=1S/C15H20Cl2/c1-15(2)9-5-7-12(15)14(17)10-11-6-3-4-8-13(11)16/h3-4,6,8,12,14H,5,7,9-10H2,1-2H3. The van der Waals surface area contributed by atoms with Gasteiger partial charge in [0.1, 0.15) is 0 Å². The van der Waals surface area contributed by atoms with Crippen LogP contribution in [-0.2, 0) is 6.42 Å². The van der Waals surface area contributed by atoms with E-state index in [1.165, 1.54) is 24.8 Å². The number of rotatable bonds is 3. The molecule has 0 aliphatic heterocycles. The van der Waals surface area contributed by atoms with E-state index < -0.39 is 0 Å². The average Bonchev–Trinajstić information content (AvgIpc) is 2.61. The highest BCUT2D eigenvalue weighted by molar-refractivity contribution is 6.31. The molecule has 0 heterocycles. The highest BCUT2D eigenvalue weighted by Gasteiger charge is 2.38. The van der Waals surface area contributed by atoms with Crippen molar-refractivity contribution in [2.45, 2.75) is 44.9 Å². The van der Waals surface area contributed by atoms with Gasteiger partial charge < -0.3 is 0 Å². The number of hydrogen-bond donors (Lipinski definition) is 0. The molecule has 0 bridgehead atoms. The van der Waals surface area contributed by atoms with Crippen molar-refractivity contribution in [2.75, 3.05) is 0 Å². The first-order valence-electron chi connectivity index (χ1n) is 6.38. The molecule has 0 amide bonds. The molecule has 94 valence electrons. The summed E-state index contributed by atoms with van der Waals surface area (Å²) in [5, 5.41) is 1.04. The molecule has 1 fully saturated rings. The lowest BCUT2D eigenvalue weighted by atomic mass is 9.78. The average molecular weight is 271 g/mol. The van der Waals surface area contributed by atoms with Crippen molar-refractivity contribution in [1.82, 2.24) is 0 Å². The summed E-state index contributed by atoms with van der Waals surface area (Å²) in [6.45, 7) is 4.68. The van der Waals surface area contributed by atoms with E-state index in [1.807, 2.05) is 18.2 Å². The fourth-order valence-corrected chi connectivity index (χ4v) is 3.89. The van der Waals surface area contributed by atoms with Gasteiger partial charge in [0.2, 0.25) is 0 Å². The van der Waals surface area contributed by atoms with Gasteiger partial charge in [-0.25, -0.2) is 0 Å². The zero-order valence-corrected chi connectivity index (χ0v) is 12.1. The van der Waals surface area contributed by atoms with E-state index in [4.69, 9.17) is 23.2 Å². The summed E-state index contributed by atoms with van der Waals surface area (Å²) < 4.78 is 0. The van der Waals surface area contributed by atoms with Crippen molar-refractivity contribution < 1.29 is 0 Å². The van der Waals surface area contributed by atoms with Gasteiger partial charge in [0.25, 0.3) is 0 Å². The van der Waals surface area contributed by atoms with Crippen LogP contribution in [-0.4, -0.2) is 5.38 Å². The smallest absolute Gasteiger partial charge is 0.0438 e. The molecule has 0 N–H and O–H groups in total. The van der Waals surface area contributed by atoms with E-state index in [0.29, 0.717) is 11.3 Å². The van der Waals surface area contributed by atoms with Crippen LogP contribution in [0, 0.1) is 11.3 Å². The Morgan fingerprint density at radius 2 is 2.06 bits per heavy atom. The molecule has 17 heavy (non-hydrogen) atoms. The maximum absolute atomic E-state index is 6.62. The Labute approximate surface area is 114 Å². The SMILES string of the molecule is CC1(C)CCCC1C(Cl)Cc1ccccc1Cl. The van der Waals surface area contributed by atoms with Crippen molar-refractivity contribution in [3.05, 3.63) is 34.9 Å². The lowest BCUT2D eigenvalue weighted by Gasteiger charge is -2.31. The summed E-state index contributed by atoms with van der Waals surface area (Å²) in [6, 6.07) is 8.03. The Morgan fingerprint density at radius 1 is 1.35 bits per heavy atom. The zero-order valence-electron chi connectivity index (χ0n) is 10.5. The Kier molecular flexibility index (Phi) is 4.05. The molecule has 1 aromatic carbocycles. The second-order valence-electron chi connectivity index (χ2n) is 5.80. The molecule has 2 heteroatoms. The highest BCUT2D eigenvalue weighted by Crippen LogP contribution is 2.46. The third-order valence-electron chi connectivity index (χ3n) is 4.15. The first kappa shape index (κ1) is 13.2. The minimum absolute atomic E-state index is 0.201. The fourth-order valence-electron chi connectivity index (χ4n) is 3.04. The van der Waals surface area contributed by atoms with Gasteiger partial charge in [-0.05, 0) is 42.2 Å². The molecule has 1 saturated carbocycles.